The molecule has 1 unspecified atom stereocenters. The van der Waals surface area contributed by atoms with Gasteiger partial charge in [0.25, 0.3) is 0 Å². The Kier molecular flexibility index (Phi) is 5.95. The van der Waals surface area contributed by atoms with Crippen LogP contribution < -0.4 is 15.0 Å². The SMILES string of the molecule is COc1ccc(N(CC(=O)NC(C)c2ccccc2)C(C)=O)cc1. The van der Waals surface area contributed by atoms with Crippen LogP contribution in [0.4, 0.5) is 5.69 Å². The summed E-state index contributed by atoms with van der Waals surface area (Å²) in [6.45, 7) is 3.33. The van der Waals surface area contributed by atoms with Crippen molar-refractivity contribution < 1.29 is 14.3 Å². The summed E-state index contributed by atoms with van der Waals surface area (Å²) in [4.78, 5) is 25.7. The molecule has 2 rings (SSSR count). The average molecular weight is 326 g/mol. The predicted octanol–water partition coefficient (Wildman–Crippen LogP) is 2.93. The number of methoxy groups -OCH3 is 1. The van der Waals surface area contributed by atoms with Gasteiger partial charge in [-0.1, -0.05) is 30.3 Å². The van der Waals surface area contributed by atoms with E-state index in [1.165, 1.54) is 11.8 Å². The Labute approximate surface area is 142 Å². The van der Waals surface area contributed by atoms with E-state index < -0.39 is 0 Å². The fourth-order valence-electron chi connectivity index (χ4n) is 2.40. The summed E-state index contributed by atoms with van der Waals surface area (Å²) >= 11 is 0. The van der Waals surface area contributed by atoms with Crippen LogP contribution in [0.3, 0.4) is 0 Å². The van der Waals surface area contributed by atoms with Crippen LogP contribution in [0.1, 0.15) is 25.5 Å². The molecule has 0 heterocycles. The van der Waals surface area contributed by atoms with Crippen molar-refractivity contribution >= 4 is 17.5 Å². The Balaban J connectivity index is 2.04. The standard InChI is InChI=1S/C19H22N2O3/c1-14(16-7-5-4-6-8-16)20-19(23)13-21(15(2)22)17-9-11-18(24-3)12-10-17/h4-12,14H,13H2,1-3H3,(H,20,23). The lowest BCUT2D eigenvalue weighted by atomic mass is 10.1. The summed E-state index contributed by atoms with van der Waals surface area (Å²) in [7, 11) is 1.58. The minimum absolute atomic E-state index is 0.0289. The molecule has 2 aromatic carbocycles. The van der Waals surface area contributed by atoms with Gasteiger partial charge in [0.1, 0.15) is 12.3 Å². The summed E-state index contributed by atoms with van der Waals surface area (Å²) in [5, 5.41) is 2.92. The Morgan fingerprint density at radius 1 is 1.08 bits per heavy atom. The zero-order valence-electron chi connectivity index (χ0n) is 14.2. The molecule has 0 bridgehead atoms. The number of carbonyl (C=O) groups is 2. The van der Waals surface area contributed by atoms with Crippen molar-refractivity contribution in [3.05, 3.63) is 60.2 Å². The van der Waals surface area contributed by atoms with Gasteiger partial charge in [0.2, 0.25) is 11.8 Å². The van der Waals surface area contributed by atoms with Gasteiger partial charge in [-0.05, 0) is 36.8 Å². The first-order valence-corrected chi connectivity index (χ1v) is 7.77. The Bertz CT molecular complexity index is 684. The monoisotopic (exact) mass is 326 g/mol. The second-order valence-corrected chi connectivity index (χ2v) is 5.50. The molecular weight excluding hydrogens is 304 g/mol. The number of hydrogen-bond acceptors (Lipinski definition) is 3. The second kappa shape index (κ2) is 8.15. The van der Waals surface area contributed by atoms with E-state index in [0.717, 1.165) is 5.56 Å². The van der Waals surface area contributed by atoms with Crippen LogP contribution in [0.15, 0.2) is 54.6 Å². The highest BCUT2D eigenvalue weighted by Crippen LogP contribution is 2.19. The normalized spacial score (nSPS) is 11.5. The molecule has 5 heteroatoms. The predicted molar refractivity (Wildman–Crippen MR) is 94.0 cm³/mol. The van der Waals surface area contributed by atoms with Gasteiger partial charge < -0.3 is 15.0 Å². The first-order chi connectivity index (χ1) is 11.5. The van der Waals surface area contributed by atoms with E-state index in [9.17, 15) is 9.59 Å². The zero-order valence-corrected chi connectivity index (χ0v) is 14.2. The minimum atomic E-state index is -0.211. The lowest BCUT2D eigenvalue weighted by molar-refractivity contribution is -0.123. The first-order valence-electron chi connectivity index (χ1n) is 7.77. The number of anilines is 1. The molecule has 1 N–H and O–H groups in total. The molecule has 5 nitrogen and oxygen atoms in total. The van der Waals surface area contributed by atoms with Crippen LogP contribution in [-0.2, 0) is 9.59 Å². The summed E-state index contributed by atoms with van der Waals surface area (Å²) in [5.41, 5.74) is 1.68. The molecule has 0 aliphatic heterocycles. The van der Waals surface area contributed by atoms with Crippen molar-refractivity contribution in [2.75, 3.05) is 18.6 Å². The second-order valence-electron chi connectivity index (χ2n) is 5.50. The largest absolute Gasteiger partial charge is 0.497 e. The summed E-state index contributed by atoms with van der Waals surface area (Å²) in [5.74, 6) is 0.296. The van der Waals surface area contributed by atoms with Crippen molar-refractivity contribution in [1.82, 2.24) is 5.32 Å². The molecule has 2 amide bonds. The molecule has 0 radical (unpaired) electrons. The molecule has 126 valence electrons. The molecule has 0 fully saturated rings. The number of carbonyl (C=O) groups excluding carboxylic acids is 2. The molecule has 1 atom stereocenters. The molecule has 0 saturated carbocycles. The van der Waals surface area contributed by atoms with Crippen molar-refractivity contribution in [3.63, 3.8) is 0 Å². The average Bonchev–Trinajstić information content (AvgIpc) is 2.60. The number of nitrogens with one attached hydrogen (secondary N) is 1. The summed E-state index contributed by atoms with van der Waals surface area (Å²) in [6.07, 6.45) is 0. The van der Waals surface area contributed by atoms with Gasteiger partial charge >= 0.3 is 0 Å². The molecule has 0 saturated heterocycles. The third-order valence-corrected chi connectivity index (χ3v) is 3.74. The number of hydrogen-bond donors (Lipinski definition) is 1. The Hall–Kier alpha value is -2.82. The highest BCUT2D eigenvalue weighted by molar-refractivity contribution is 5.97. The van der Waals surface area contributed by atoms with E-state index in [-0.39, 0.29) is 24.4 Å². The first kappa shape index (κ1) is 17.5. The van der Waals surface area contributed by atoms with Crippen LogP contribution >= 0.6 is 0 Å². The van der Waals surface area contributed by atoms with Crippen LogP contribution in [-0.4, -0.2) is 25.5 Å². The maximum absolute atomic E-state index is 12.3. The number of rotatable bonds is 6. The lowest BCUT2D eigenvalue weighted by Gasteiger charge is -2.22. The van der Waals surface area contributed by atoms with Gasteiger partial charge in [-0.25, -0.2) is 0 Å². The maximum atomic E-state index is 12.3. The van der Waals surface area contributed by atoms with Gasteiger partial charge in [-0.2, -0.15) is 0 Å². The van der Waals surface area contributed by atoms with E-state index >= 15 is 0 Å². The van der Waals surface area contributed by atoms with E-state index in [1.807, 2.05) is 37.3 Å². The number of ether oxygens (including phenoxy) is 1. The zero-order chi connectivity index (χ0) is 17.5. The third-order valence-electron chi connectivity index (χ3n) is 3.74. The Morgan fingerprint density at radius 3 is 2.25 bits per heavy atom. The van der Waals surface area contributed by atoms with Crippen molar-refractivity contribution in [3.8, 4) is 5.75 Å². The quantitative estimate of drug-likeness (QED) is 0.888. The number of benzene rings is 2. The van der Waals surface area contributed by atoms with E-state index in [1.54, 1.807) is 31.4 Å². The highest BCUT2D eigenvalue weighted by Gasteiger charge is 2.17. The van der Waals surface area contributed by atoms with Crippen LogP contribution in [0.5, 0.6) is 5.75 Å². The molecule has 2 aromatic rings. The summed E-state index contributed by atoms with van der Waals surface area (Å²) in [6, 6.07) is 16.6. The van der Waals surface area contributed by atoms with E-state index in [4.69, 9.17) is 4.74 Å². The van der Waals surface area contributed by atoms with Crippen molar-refractivity contribution in [2.45, 2.75) is 19.9 Å². The highest BCUT2D eigenvalue weighted by atomic mass is 16.5. The van der Waals surface area contributed by atoms with E-state index in [2.05, 4.69) is 5.32 Å². The van der Waals surface area contributed by atoms with Crippen LogP contribution in [0, 0.1) is 0 Å². The molecular formula is C19H22N2O3. The van der Waals surface area contributed by atoms with Gasteiger partial charge in [-0.15, -0.1) is 0 Å². The minimum Gasteiger partial charge on any atom is -0.497 e. The van der Waals surface area contributed by atoms with Gasteiger partial charge in [0.05, 0.1) is 13.2 Å². The molecule has 24 heavy (non-hydrogen) atoms. The topological polar surface area (TPSA) is 58.6 Å². The van der Waals surface area contributed by atoms with Gasteiger partial charge in [-0.3, -0.25) is 9.59 Å². The number of nitrogens with zero attached hydrogens (tertiary/aromatic N) is 1. The van der Waals surface area contributed by atoms with Crippen molar-refractivity contribution in [1.29, 1.82) is 0 Å². The van der Waals surface area contributed by atoms with Crippen LogP contribution in [0.2, 0.25) is 0 Å². The lowest BCUT2D eigenvalue weighted by Crippen LogP contribution is -2.40. The molecule has 0 aliphatic carbocycles. The fraction of sp³-hybridized carbons (Fsp3) is 0.263. The third kappa shape index (κ3) is 4.59. The molecule has 0 aromatic heterocycles. The van der Waals surface area contributed by atoms with Gasteiger partial charge in [0, 0.05) is 12.6 Å². The maximum Gasteiger partial charge on any atom is 0.240 e. The van der Waals surface area contributed by atoms with Crippen molar-refractivity contribution in [2.24, 2.45) is 0 Å². The Morgan fingerprint density at radius 2 is 1.71 bits per heavy atom. The molecule has 0 aliphatic rings. The van der Waals surface area contributed by atoms with Crippen LogP contribution in [0.25, 0.3) is 0 Å². The smallest absolute Gasteiger partial charge is 0.240 e. The molecule has 0 spiro atoms. The summed E-state index contributed by atoms with van der Waals surface area (Å²) < 4.78 is 5.11. The fourth-order valence-corrected chi connectivity index (χ4v) is 2.40. The van der Waals surface area contributed by atoms with Gasteiger partial charge in [0.15, 0.2) is 0 Å². The van der Waals surface area contributed by atoms with E-state index in [0.29, 0.717) is 11.4 Å². The number of amides is 2.